The Kier molecular flexibility index (Phi) is 12.0. The monoisotopic (exact) mass is 414 g/mol. The second-order valence-electron chi connectivity index (χ2n) is 6.79. The average molecular weight is 415 g/mol. The van der Waals surface area contributed by atoms with E-state index in [1.807, 2.05) is 12.6 Å². The maximum Gasteiger partial charge on any atom is 0.290 e. The minimum absolute atomic E-state index is 0.102. The van der Waals surface area contributed by atoms with Gasteiger partial charge in [0.05, 0.1) is 17.2 Å². The summed E-state index contributed by atoms with van der Waals surface area (Å²) in [7, 11) is 2.05. The molecule has 2 aliphatic rings. The zero-order chi connectivity index (χ0) is 20.8. The van der Waals surface area contributed by atoms with Gasteiger partial charge in [-0.15, -0.1) is 11.3 Å². The molecule has 2 aliphatic heterocycles. The summed E-state index contributed by atoms with van der Waals surface area (Å²) in [5.41, 5.74) is 3.08. The zero-order valence-electron chi connectivity index (χ0n) is 16.2. The van der Waals surface area contributed by atoms with Crippen LogP contribution in [0, 0.1) is 5.92 Å². The highest BCUT2D eigenvalue weighted by atomic mass is 32.1. The van der Waals surface area contributed by atoms with Crippen LogP contribution in [-0.4, -0.2) is 83.1 Å². The number of hydrogen-bond acceptors (Lipinski definition) is 7. The number of thiazole rings is 1. The second-order valence-corrected chi connectivity index (χ2v) is 7.51. The number of carboxylic acid groups (broad SMARTS) is 2. The third kappa shape index (κ3) is 8.77. The molecule has 0 aromatic carbocycles. The first-order valence-electron chi connectivity index (χ1n) is 9.28. The highest BCUT2D eigenvalue weighted by Gasteiger charge is 2.28. The predicted molar refractivity (Wildman–Crippen MR) is 106 cm³/mol. The topological polar surface area (TPSA) is 123 Å². The van der Waals surface area contributed by atoms with Gasteiger partial charge in [0.15, 0.2) is 0 Å². The normalized spacial score (nSPS) is 20.2. The fourth-order valence-electron chi connectivity index (χ4n) is 3.50. The number of likely N-dealkylation sites (N-methyl/N-ethyl adjacent to an activating group) is 1. The van der Waals surface area contributed by atoms with Crippen LogP contribution in [0.1, 0.15) is 31.4 Å². The molecule has 9 nitrogen and oxygen atoms in total. The largest absolute Gasteiger partial charge is 0.483 e. The van der Waals surface area contributed by atoms with Gasteiger partial charge in [-0.1, -0.05) is 0 Å². The Morgan fingerprint density at radius 1 is 1.25 bits per heavy atom. The Labute approximate surface area is 169 Å². The Morgan fingerprint density at radius 3 is 2.39 bits per heavy atom. The van der Waals surface area contributed by atoms with Crippen LogP contribution < -0.4 is 5.32 Å². The van der Waals surface area contributed by atoms with Gasteiger partial charge in [-0.05, 0) is 58.3 Å². The van der Waals surface area contributed by atoms with Crippen molar-refractivity contribution >= 4 is 30.2 Å². The number of carbonyl (C=O) groups is 3. The van der Waals surface area contributed by atoms with Crippen molar-refractivity contribution in [2.75, 3.05) is 33.2 Å². The SMILES string of the molecule is CN1CCC[C@H]1C(=O)NCC1CCN(Cc2cscn2)CC1.O=CO.O=CO. The van der Waals surface area contributed by atoms with Crippen molar-refractivity contribution in [1.29, 1.82) is 0 Å². The van der Waals surface area contributed by atoms with Crippen LogP contribution in [-0.2, 0) is 20.9 Å². The summed E-state index contributed by atoms with van der Waals surface area (Å²) >= 11 is 1.66. The highest BCUT2D eigenvalue weighted by Crippen LogP contribution is 2.19. The summed E-state index contributed by atoms with van der Waals surface area (Å²) in [5, 5.41) is 19.1. The molecular formula is C18H30N4O5S. The zero-order valence-corrected chi connectivity index (χ0v) is 17.0. The van der Waals surface area contributed by atoms with Crippen LogP contribution in [0.25, 0.3) is 0 Å². The Balaban J connectivity index is 0.000000582. The van der Waals surface area contributed by atoms with Gasteiger partial charge in [0.25, 0.3) is 12.9 Å². The van der Waals surface area contributed by atoms with E-state index in [1.54, 1.807) is 11.3 Å². The first-order chi connectivity index (χ1) is 13.5. The van der Waals surface area contributed by atoms with Crippen molar-refractivity contribution in [2.45, 2.75) is 38.3 Å². The summed E-state index contributed by atoms with van der Waals surface area (Å²) in [6, 6.07) is 0.102. The highest BCUT2D eigenvalue weighted by molar-refractivity contribution is 7.07. The first kappa shape index (κ1) is 24.0. The molecular weight excluding hydrogens is 384 g/mol. The number of nitrogens with one attached hydrogen (secondary N) is 1. The van der Waals surface area contributed by atoms with Crippen LogP contribution in [0.3, 0.4) is 0 Å². The molecule has 0 saturated carbocycles. The molecule has 1 atom stereocenters. The number of amides is 1. The van der Waals surface area contributed by atoms with Crippen LogP contribution in [0.4, 0.5) is 0 Å². The summed E-state index contributed by atoms with van der Waals surface area (Å²) in [6.45, 7) is 4.58. The molecule has 1 amide bonds. The maximum absolute atomic E-state index is 12.2. The molecule has 28 heavy (non-hydrogen) atoms. The van der Waals surface area contributed by atoms with Crippen molar-refractivity contribution in [3.63, 3.8) is 0 Å². The number of rotatable bonds is 5. The second kappa shape index (κ2) is 14.0. The fourth-order valence-corrected chi connectivity index (χ4v) is 4.05. The molecule has 0 bridgehead atoms. The van der Waals surface area contributed by atoms with Gasteiger partial charge in [-0.3, -0.25) is 24.2 Å². The number of nitrogens with zero attached hydrogens (tertiary/aromatic N) is 3. The maximum atomic E-state index is 12.2. The summed E-state index contributed by atoms with van der Waals surface area (Å²) in [5.74, 6) is 0.854. The minimum atomic E-state index is -0.250. The van der Waals surface area contributed by atoms with Gasteiger partial charge >= 0.3 is 0 Å². The lowest BCUT2D eigenvalue weighted by molar-refractivity contribution is -0.125. The molecule has 3 N–H and O–H groups in total. The Bertz CT molecular complexity index is 558. The molecule has 0 aliphatic carbocycles. The van der Waals surface area contributed by atoms with Crippen molar-refractivity contribution in [2.24, 2.45) is 5.92 Å². The van der Waals surface area contributed by atoms with Gasteiger partial charge in [0.1, 0.15) is 0 Å². The molecule has 2 saturated heterocycles. The smallest absolute Gasteiger partial charge is 0.290 e. The van der Waals surface area contributed by atoms with Crippen molar-refractivity contribution in [1.82, 2.24) is 20.1 Å². The molecule has 0 unspecified atom stereocenters. The van der Waals surface area contributed by atoms with Crippen LogP contribution in [0.5, 0.6) is 0 Å². The van der Waals surface area contributed by atoms with E-state index in [4.69, 9.17) is 19.8 Å². The minimum Gasteiger partial charge on any atom is -0.483 e. The van der Waals surface area contributed by atoms with Gasteiger partial charge < -0.3 is 15.5 Å². The number of hydrogen-bond donors (Lipinski definition) is 3. The van der Waals surface area contributed by atoms with Crippen molar-refractivity contribution in [3.8, 4) is 0 Å². The number of piperidine rings is 1. The number of aromatic nitrogens is 1. The fraction of sp³-hybridized carbons (Fsp3) is 0.667. The predicted octanol–water partition coefficient (Wildman–Crippen LogP) is 0.967. The molecule has 10 heteroatoms. The molecule has 1 aromatic rings. The van der Waals surface area contributed by atoms with E-state index in [1.165, 1.54) is 18.5 Å². The van der Waals surface area contributed by atoms with E-state index in [2.05, 4.69) is 25.5 Å². The third-order valence-electron chi connectivity index (χ3n) is 4.96. The van der Waals surface area contributed by atoms with Gasteiger partial charge in [-0.25, -0.2) is 4.98 Å². The van der Waals surface area contributed by atoms with Crippen LogP contribution >= 0.6 is 11.3 Å². The molecule has 2 fully saturated rings. The van der Waals surface area contributed by atoms with Gasteiger partial charge in [0, 0.05) is 18.5 Å². The molecule has 3 heterocycles. The van der Waals surface area contributed by atoms with Crippen LogP contribution in [0.2, 0.25) is 0 Å². The molecule has 3 rings (SSSR count). The van der Waals surface area contributed by atoms with E-state index in [-0.39, 0.29) is 24.9 Å². The molecule has 1 aromatic heterocycles. The third-order valence-corrected chi connectivity index (χ3v) is 5.60. The van der Waals surface area contributed by atoms with Crippen molar-refractivity contribution < 1.29 is 24.6 Å². The molecule has 0 spiro atoms. The van der Waals surface area contributed by atoms with E-state index in [0.29, 0.717) is 5.92 Å². The van der Waals surface area contributed by atoms with E-state index < -0.39 is 0 Å². The number of likely N-dealkylation sites (tertiary alicyclic amines) is 2. The van der Waals surface area contributed by atoms with Crippen LogP contribution in [0.15, 0.2) is 10.9 Å². The quantitative estimate of drug-likeness (QED) is 0.609. The number of carbonyl (C=O) groups excluding carboxylic acids is 1. The summed E-state index contributed by atoms with van der Waals surface area (Å²) in [6.07, 6.45) is 4.49. The Morgan fingerprint density at radius 2 is 1.89 bits per heavy atom. The summed E-state index contributed by atoms with van der Waals surface area (Å²) < 4.78 is 0. The van der Waals surface area contributed by atoms with E-state index >= 15 is 0 Å². The van der Waals surface area contributed by atoms with E-state index in [9.17, 15) is 4.79 Å². The van der Waals surface area contributed by atoms with Gasteiger partial charge in [-0.2, -0.15) is 0 Å². The lowest BCUT2D eigenvalue weighted by Crippen LogP contribution is -2.44. The van der Waals surface area contributed by atoms with E-state index in [0.717, 1.165) is 45.6 Å². The first-order valence-corrected chi connectivity index (χ1v) is 10.2. The summed E-state index contributed by atoms with van der Waals surface area (Å²) in [4.78, 5) is 37.9. The average Bonchev–Trinajstić information content (AvgIpc) is 3.34. The lowest BCUT2D eigenvalue weighted by Gasteiger charge is -2.32. The standard InChI is InChI=1S/C16H26N4OS.2CH2O2/c1-19-6-2-3-15(19)16(21)17-9-13-4-7-20(8-5-13)10-14-11-22-12-18-14;2*2-1-3/h11-13,15H,2-10H2,1H3,(H,17,21);2*1H,(H,2,3)/t15-;;/m0../s1. The molecule has 158 valence electrons. The van der Waals surface area contributed by atoms with Gasteiger partial charge in [0.2, 0.25) is 5.91 Å². The lowest BCUT2D eigenvalue weighted by atomic mass is 9.96. The van der Waals surface area contributed by atoms with Crippen molar-refractivity contribution in [3.05, 3.63) is 16.6 Å². The Hall–Kier alpha value is -2.04. The molecule has 0 radical (unpaired) electrons.